The number of aromatic amines is 1. The minimum atomic E-state index is 0. The Balaban J connectivity index is 0.00000300. The predicted octanol–water partition coefficient (Wildman–Crippen LogP) is 3.78. The van der Waals surface area contributed by atoms with E-state index in [0.717, 1.165) is 31.0 Å². The van der Waals surface area contributed by atoms with E-state index in [1.807, 2.05) is 18.8 Å². The number of aliphatic imine (C=N–C) groups is 1. The summed E-state index contributed by atoms with van der Waals surface area (Å²) in [7, 11) is 3.81. The Labute approximate surface area is 190 Å². The number of H-pyrrole nitrogens is 1. The van der Waals surface area contributed by atoms with E-state index in [4.69, 9.17) is 0 Å². The van der Waals surface area contributed by atoms with Crippen LogP contribution in [0.5, 0.6) is 0 Å². The molecule has 3 rings (SSSR count). The maximum atomic E-state index is 4.51. The first-order chi connectivity index (χ1) is 13.4. The average Bonchev–Trinajstić information content (AvgIpc) is 3.16. The highest BCUT2D eigenvalue weighted by Gasteiger charge is 2.14. The van der Waals surface area contributed by atoms with Gasteiger partial charge in [-0.15, -0.1) is 24.0 Å². The van der Waals surface area contributed by atoms with Gasteiger partial charge in [-0.1, -0.05) is 12.1 Å². The Hall–Kier alpha value is -2.03. The summed E-state index contributed by atoms with van der Waals surface area (Å²) < 4.78 is 1.95. The lowest BCUT2D eigenvalue weighted by Crippen LogP contribution is -2.43. The van der Waals surface area contributed by atoms with Crippen molar-refractivity contribution in [1.82, 2.24) is 25.4 Å². The van der Waals surface area contributed by atoms with Gasteiger partial charge in [-0.25, -0.2) is 0 Å². The summed E-state index contributed by atoms with van der Waals surface area (Å²) >= 11 is 0. The van der Waals surface area contributed by atoms with Crippen LogP contribution in [0.2, 0.25) is 0 Å². The van der Waals surface area contributed by atoms with Gasteiger partial charge in [0.2, 0.25) is 0 Å². The fourth-order valence-electron chi connectivity index (χ4n) is 3.72. The van der Waals surface area contributed by atoms with Crippen LogP contribution in [0.15, 0.2) is 29.4 Å². The zero-order valence-electron chi connectivity index (χ0n) is 18.3. The Morgan fingerprint density at radius 1 is 1.28 bits per heavy atom. The van der Waals surface area contributed by atoms with Crippen molar-refractivity contribution in [3.63, 3.8) is 0 Å². The number of aromatic nitrogens is 3. The number of rotatable bonds is 6. The van der Waals surface area contributed by atoms with E-state index in [0.29, 0.717) is 0 Å². The van der Waals surface area contributed by atoms with Crippen molar-refractivity contribution in [3.8, 4) is 0 Å². The molecular weight excluding hydrogens is 475 g/mol. The monoisotopic (exact) mass is 508 g/mol. The highest BCUT2D eigenvalue weighted by Crippen LogP contribution is 2.19. The molecule has 0 saturated carbocycles. The van der Waals surface area contributed by atoms with E-state index in [2.05, 4.69) is 77.8 Å². The van der Waals surface area contributed by atoms with Gasteiger partial charge in [0, 0.05) is 49.5 Å². The molecule has 158 valence electrons. The molecule has 0 bridgehead atoms. The molecule has 0 spiro atoms. The van der Waals surface area contributed by atoms with Gasteiger partial charge < -0.3 is 15.6 Å². The standard InChI is InChI=1S/C22H32N6.HI/c1-14-7-8-19-18(13-25-21(19)11-14)9-10-24-22(23-5)26-15(2)12-20-16(3)27-28(6)17(20)4;/h7-8,11,13,15,25H,9-10,12H2,1-6H3,(H2,23,24,26);1H. The fraction of sp³-hybridized carbons (Fsp3) is 0.455. The Bertz CT molecular complexity index is 985. The molecule has 7 heteroatoms. The van der Waals surface area contributed by atoms with Gasteiger partial charge in [-0.05, 0) is 63.3 Å². The fourth-order valence-corrected chi connectivity index (χ4v) is 3.72. The van der Waals surface area contributed by atoms with E-state index in [-0.39, 0.29) is 30.0 Å². The molecule has 0 amide bonds. The van der Waals surface area contributed by atoms with E-state index in [9.17, 15) is 0 Å². The lowest BCUT2D eigenvalue weighted by atomic mass is 10.1. The number of aryl methyl sites for hydroxylation is 3. The molecule has 1 aromatic carbocycles. The Morgan fingerprint density at radius 3 is 2.69 bits per heavy atom. The summed E-state index contributed by atoms with van der Waals surface area (Å²) in [6.07, 6.45) is 3.98. The maximum absolute atomic E-state index is 4.51. The molecule has 0 aliphatic rings. The second kappa shape index (κ2) is 10.1. The number of halogens is 1. The van der Waals surface area contributed by atoms with Gasteiger partial charge in [-0.2, -0.15) is 5.10 Å². The largest absolute Gasteiger partial charge is 0.361 e. The molecule has 2 heterocycles. The van der Waals surface area contributed by atoms with Gasteiger partial charge >= 0.3 is 0 Å². The SMILES string of the molecule is CN=C(NCCc1c[nH]c2cc(C)ccc12)NC(C)Cc1c(C)nn(C)c1C.I. The Kier molecular flexibility index (Phi) is 8.13. The molecular formula is C22H33IN6. The first-order valence-electron chi connectivity index (χ1n) is 9.92. The van der Waals surface area contributed by atoms with E-state index < -0.39 is 0 Å². The third-order valence-corrected chi connectivity index (χ3v) is 5.39. The average molecular weight is 508 g/mol. The molecule has 29 heavy (non-hydrogen) atoms. The maximum Gasteiger partial charge on any atom is 0.191 e. The summed E-state index contributed by atoms with van der Waals surface area (Å²) in [6, 6.07) is 6.82. The van der Waals surface area contributed by atoms with E-state index in [1.165, 1.54) is 33.3 Å². The molecule has 0 fully saturated rings. The Morgan fingerprint density at radius 2 is 2.03 bits per heavy atom. The molecule has 2 aromatic heterocycles. The molecule has 0 radical (unpaired) electrons. The topological polar surface area (TPSA) is 70.0 Å². The van der Waals surface area contributed by atoms with Crippen LogP contribution >= 0.6 is 24.0 Å². The number of hydrogen-bond donors (Lipinski definition) is 3. The van der Waals surface area contributed by atoms with Crippen molar-refractivity contribution in [3.05, 3.63) is 52.5 Å². The normalized spacial score (nSPS) is 12.7. The van der Waals surface area contributed by atoms with Crippen LogP contribution in [0.4, 0.5) is 0 Å². The van der Waals surface area contributed by atoms with Gasteiger partial charge in [-0.3, -0.25) is 9.67 Å². The molecule has 0 saturated heterocycles. The quantitative estimate of drug-likeness (QED) is 0.270. The molecule has 0 aliphatic carbocycles. The molecule has 3 N–H and O–H groups in total. The lowest BCUT2D eigenvalue weighted by molar-refractivity contribution is 0.635. The van der Waals surface area contributed by atoms with Crippen molar-refractivity contribution in [2.75, 3.05) is 13.6 Å². The smallest absolute Gasteiger partial charge is 0.191 e. The minimum absolute atomic E-state index is 0. The van der Waals surface area contributed by atoms with Crippen LogP contribution in [-0.4, -0.2) is 40.4 Å². The third-order valence-electron chi connectivity index (χ3n) is 5.39. The van der Waals surface area contributed by atoms with Crippen LogP contribution < -0.4 is 10.6 Å². The number of nitrogens with zero attached hydrogens (tertiary/aromatic N) is 3. The number of fused-ring (bicyclic) bond motifs is 1. The van der Waals surface area contributed by atoms with Crippen LogP contribution in [0.3, 0.4) is 0 Å². The van der Waals surface area contributed by atoms with Gasteiger partial charge in [0.25, 0.3) is 0 Å². The first-order valence-corrected chi connectivity index (χ1v) is 9.92. The van der Waals surface area contributed by atoms with Crippen LogP contribution in [0.1, 0.15) is 35.0 Å². The summed E-state index contributed by atoms with van der Waals surface area (Å²) in [5.74, 6) is 0.836. The van der Waals surface area contributed by atoms with Crippen LogP contribution in [-0.2, 0) is 19.9 Å². The summed E-state index contributed by atoms with van der Waals surface area (Å²) in [5, 5.41) is 12.7. The third kappa shape index (κ3) is 5.52. The van der Waals surface area contributed by atoms with Crippen molar-refractivity contribution in [1.29, 1.82) is 0 Å². The second-order valence-electron chi connectivity index (χ2n) is 7.63. The van der Waals surface area contributed by atoms with Crippen LogP contribution in [0, 0.1) is 20.8 Å². The highest BCUT2D eigenvalue weighted by molar-refractivity contribution is 14.0. The van der Waals surface area contributed by atoms with E-state index >= 15 is 0 Å². The van der Waals surface area contributed by atoms with Crippen molar-refractivity contribution < 1.29 is 0 Å². The summed E-state index contributed by atoms with van der Waals surface area (Å²) in [4.78, 5) is 7.75. The zero-order chi connectivity index (χ0) is 20.3. The number of benzene rings is 1. The second-order valence-corrected chi connectivity index (χ2v) is 7.63. The molecule has 3 aromatic rings. The number of nitrogens with one attached hydrogen (secondary N) is 3. The first kappa shape index (κ1) is 23.3. The van der Waals surface area contributed by atoms with Crippen molar-refractivity contribution >= 4 is 40.8 Å². The molecule has 0 aliphatic heterocycles. The van der Waals surface area contributed by atoms with Gasteiger partial charge in [0.1, 0.15) is 0 Å². The number of hydrogen-bond acceptors (Lipinski definition) is 2. The zero-order valence-corrected chi connectivity index (χ0v) is 20.6. The molecule has 1 unspecified atom stereocenters. The predicted molar refractivity (Wildman–Crippen MR) is 133 cm³/mol. The summed E-state index contributed by atoms with van der Waals surface area (Å²) in [6.45, 7) is 9.33. The van der Waals surface area contributed by atoms with Gasteiger partial charge in [0.15, 0.2) is 5.96 Å². The minimum Gasteiger partial charge on any atom is -0.361 e. The van der Waals surface area contributed by atoms with Crippen molar-refractivity contribution in [2.24, 2.45) is 12.0 Å². The van der Waals surface area contributed by atoms with E-state index in [1.54, 1.807) is 0 Å². The lowest BCUT2D eigenvalue weighted by Gasteiger charge is -2.18. The number of guanidine groups is 1. The highest BCUT2D eigenvalue weighted by atomic mass is 127. The summed E-state index contributed by atoms with van der Waals surface area (Å²) in [5.41, 5.74) is 7.44. The van der Waals surface area contributed by atoms with Crippen molar-refractivity contribution in [2.45, 2.75) is 46.6 Å². The molecule has 1 atom stereocenters. The van der Waals surface area contributed by atoms with Crippen LogP contribution in [0.25, 0.3) is 10.9 Å². The molecule has 6 nitrogen and oxygen atoms in total. The van der Waals surface area contributed by atoms with Gasteiger partial charge in [0.05, 0.1) is 5.69 Å².